The van der Waals surface area contributed by atoms with Crippen LogP contribution in [0.3, 0.4) is 0 Å². The zero-order valence-corrected chi connectivity index (χ0v) is 9.95. The quantitative estimate of drug-likeness (QED) is 0.566. The van der Waals surface area contributed by atoms with Gasteiger partial charge in [0.25, 0.3) is 0 Å². The molecule has 0 fully saturated rings. The molecule has 0 saturated heterocycles. The Hall–Kier alpha value is -1.06. The molecule has 0 aliphatic carbocycles. The van der Waals surface area contributed by atoms with Gasteiger partial charge < -0.3 is 10.2 Å². The number of unbranched alkanes of at least 4 members (excludes halogenated alkanes) is 5. The summed E-state index contributed by atoms with van der Waals surface area (Å²) >= 11 is 0. The fourth-order valence-electron chi connectivity index (χ4n) is 1.69. The SMILES string of the molecule is CCCCCCCC[C@@H](CC(=O)O)C(=O)O. The maximum absolute atomic E-state index is 10.7. The summed E-state index contributed by atoms with van der Waals surface area (Å²) in [4.78, 5) is 21.2. The van der Waals surface area contributed by atoms with E-state index in [0.29, 0.717) is 6.42 Å². The number of carboxylic acids is 2. The van der Waals surface area contributed by atoms with Crippen LogP contribution in [0.1, 0.15) is 58.3 Å². The Balaban J connectivity index is 3.60. The van der Waals surface area contributed by atoms with Crippen molar-refractivity contribution in [3.05, 3.63) is 0 Å². The van der Waals surface area contributed by atoms with Crippen LogP contribution >= 0.6 is 0 Å². The summed E-state index contributed by atoms with van der Waals surface area (Å²) in [5, 5.41) is 17.3. The van der Waals surface area contributed by atoms with Crippen molar-refractivity contribution in [2.24, 2.45) is 5.92 Å². The Bertz CT molecular complexity index is 213. The average molecular weight is 230 g/mol. The molecule has 1 atom stereocenters. The van der Waals surface area contributed by atoms with Crippen LogP contribution < -0.4 is 0 Å². The second kappa shape index (κ2) is 9.19. The highest BCUT2D eigenvalue weighted by molar-refractivity contribution is 5.77. The number of hydrogen-bond acceptors (Lipinski definition) is 2. The molecule has 0 radical (unpaired) electrons. The van der Waals surface area contributed by atoms with Crippen molar-refractivity contribution in [1.29, 1.82) is 0 Å². The van der Waals surface area contributed by atoms with E-state index in [1.807, 2.05) is 0 Å². The third-order valence-corrected chi connectivity index (χ3v) is 2.68. The maximum atomic E-state index is 10.7. The Kier molecular flexibility index (Phi) is 8.58. The van der Waals surface area contributed by atoms with E-state index in [1.165, 1.54) is 19.3 Å². The van der Waals surface area contributed by atoms with Gasteiger partial charge in [-0.05, 0) is 6.42 Å². The van der Waals surface area contributed by atoms with Crippen molar-refractivity contribution < 1.29 is 19.8 Å². The van der Waals surface area contributed by atoms with Crippen molar-refractivity contribution in [3.8, 4) is 0 Å². The minimum absolute atomic E-state index is 0.260. The van der Waals surface area contributed by atoms with E-state index in [0.717, 1.165) is 19.3 Å². The van der Waals surface area contributed by atoms with E-state index in [2.05, 4.69) is 6.92 Å². The van der Waals surface area contributed by atoms with Crippen LogP contribution in [0.5, 0.6) is 0 Å². The van der Waals surface area contributed by atoms with Gasteiger partial charge in [0, 0.05) is 0 Å². The lowest BCUT2D eigenvalue weighted by Crippen LogP contribution is -2.17. The van der Waals surface area contributed by atoms with Crippen LogP contribution in [-0.2, 0) is 9.59 Å². The molecule has 94 valence electrons. The van der Waals surface area contributed by atoms with Gasteiger partial charge in [0.15, 0.2) is 0 Å². The molecule has 0 aromatic carbocycles. The number of rotatable bonds is 10. The number of carboxylic acid groups (broad SMARTS) is 2. The molecule has 0 saturated carbocycles. The molecular weight excluding hydrogens is 208 g/mol. The fourth-order valence-corrected chi connectivity index (χ4v) is 1.69. The van der Waals surface area contributed by atoms with Crippen LogP contribution in [0, 0.1) is 5.92 Å². The summed E-state index contributed by atoms with van der Waals surface area (Å²) in [7, 11) is 0. The van der Waals surface area contributed by atoms with Crippen LogP contribution in [-0.4, -0.2) is 22.2 Å². The highest BCUT2D eigenvalue weighted by atomic mass is 16.4. The molecule has 4 nitrogen and oxygen atoms in total. The topological polar surface area (TPSA) is 74.6 Å². The number of aliphatic carboxylic acids is 2. The first-order valence-corrected chi connectivity index (χ1v) is 6.02. The summed E-state index contributed by atoms with van der Waals surface area (Å²) in [5.74, 6) is -2.74. The van der Waals surface area contributed by atoms with E-state index in [-0.39, 0.29) is 6.42 Å². The fraction of sp³-hybridized carbons (Fsp3) is 0.833. The Labute approximate surface area is 96.7 Å². The molecular formula is C12H22O4. The first-order valence-electron chi connectivity index (χ1n) is 6.02. The standard InChI is InChI=1S/C12H22O4/c1-2-3-4-5-6-7-8-10(12(15)16)9-11(13)14/h10H,2-9H2,1H3,(H,13,14)(H,15,16)/t10-/m0/s1. The summed E-state index contributed by atoms with van der Waals surface area (Å²) in [6.07, 6.45) is 6.75. The van der Waals surface area contributed by atoms with Gasteiger partial charge in [-0.25, -0.2) is 0 Å². The zero-order chi connectivity index (χ0) is 12.4. The first-order chi connectivity index (χ1) is 7.57. The Morgan fingerprint density at radius 3 is 2.06 bits per heavy atom. The van der Waals surface area contributed by atoms with Gasteiger partial charge in [-0.1, -0.05) is 45.4 Å². The Morgan fingerprint density at radius 2 is 1.56 bits per heavy atom. The van der Waals surface area contributed by atoms with E-state index in [4.69, 9.17) is 10.2 Å². The summed E-state index contributed by atoms with van der Waals surface area (Å²) in [6, 6.07) is 0. The van der Waals surface area contributed by atoms with Crippen molar-refractivity contribution in [2.75, 3.05) is 0 Å². The van der Waals surface area contributed by atoms with Crippen LogP contribution in [0.4, 0.5) is 0 Å². The molecule has 4 heteroatoms. The van der Waals surface area contributed by atoms with E-state index >= 15 is 0 Å². The van der Waals surface area contributed by atoms with Gasteiger partial charge in [0.1, 0.15) is 0 Å². The predicted octanol–water partition coefficient (Wildman–Crippen LogP) is 2.91. The summed E-state index contributed by atoms with van der Waals surface area (Å²) in [5.41, 5.74) is 0. The minimum atomic E-state index is -1.03. The molecule has 2 N–H and O–H groups in total. The van der Waals surface area contributed by atoms with Crippen LogP contribution in [0.15, 0.2) is 0 Å². The smallest absolute Gasteiger partial charge is 0.307 e. The zero-order valence-electron chi connectivity index (χ0n) is 9.95. The minimum Gasteiger partial charge on any atom is -0.481 e. The van der Waals surface area contributed by atoms with E-state index < -0.39 is 17.9 Å². The van der Waals surface area contributed by atoms with Crippen molar-refractivity contribution >= 4 is 11.9 Å². The van der Waals surface area contributed by atoms with Gasteiger partial charge in [-0.3, -0.25) is 9.59 Å². The normalized spacial score (nSPS) is 12.3. The summed E-state index contributed by atoms with van der Waals surface area (Å²) in [6.45, 7) is 2.15. The molecule has 0 rings (SSSR count). The van der Waals surface area contributed by atoms with Gasteiger partial charge in [-0.15, -0.1) is 0 Å². The van der Waals surface area contributed by atoms with Crippen molar-refractivity contribution in [3.63, 3.8) is 0 Å². The molecule has 0 heterocycles. The molecule has 0 aliphatic rings. The number of hydrogen-bond donors (Lipinski definition) is 2. The van der Waals surface area contributed by atoms with Crippen LogP contribution in [0.25, 0.3) is 0 Å². The molecule has 0 aromatic heterocycles. The van der Waals surface area contributed by atoms with Gasteiger partial charge in [-0.2, -0.15) is 0 Å². The first kappa shape index (κ1) is 14.9. The van der Waals surface area contributed by atoms with Gasteiger partial charge >= 0.3 is 11.9 Å². The largest absolute Gasteiger partial charge is 0.481 e. The van der Waals surface area contributed by atoms with Crippen molar-refractivity contribution in [1.82, 2.24) is 0 Å². The molecule has 0 aromatic rings. The third-order valence-electron chi connectivity index (χ3n) is 2.68. The highest BCUT2D eigenvalue weighted by Crippen LogP contribution is 2.15. The molecule has 0 bridgehead atoms. The molecule has 0 aliphatic heterocycles. The van der Waals surface area contributed by atoms with Crippen molar-refractivity contribution in [2.45, 2.75) is 58.3 Å². The van der Waals surface area contributed by atoms with Gasteiger partial charge in [0.2, 0.25) is 0 Å². The molecule has 0 unspecified atom stereocenters. The second-order valence-corrected chi connectivity index (χ2v) is 4.19. The lowest BCUT2D eigenvalue weighted by atomic mass is 9.97. The maximum Gasteiger partial charge on any atom is 0.307 e. The second-order valence-electron chi connectivity index (χ2n) is 4.19. The van der Waals surface area contributed by atoms with E-state index in [1.54, 1.807) is 0 Å². The number of carbonyl (C=O) groups is 2. The summed E-state index contributed by atoms with van der Waals surface area (Å²) < 4.78 is 0. The average Bonchev–Trinajstić information content (AvgIpc) is 2.20. The molecule has 0 spiro atoms. The highest BCUT2D eigenvalue weighted by Gasteiger charge is 2.19. The predicted molar refractivity (Wildman–Crippen MR) is 61.4 cm³/mol. The molecule has 0 amide bonds. The van der Waals surface area contributed by atoms with Gasteiger partial charge in [0.05, 0.1) is 12.3 Å². The lowest BCUT2D eigenvalue weighted by Gasteiger charge is -2.09. The monoisotopic (exact) mass is 230 g/mol. The third kappa shape index (κ3) is 8.26. The van der Waals surface area contributed by atoms with E-state index in [9.17, 15) is 9.59 Å². The lowest BCUT2D eigenvalue weighted by molar-refractivity contribution is -0.148. The molecule has 16 heavy (non-hydrogen) atoms. The Morgan fingerprint density at radius 1 is 1.00 bits per heavy atom. The van der Waals surface area contributed by atoms with Crippen LogP contribution in [0.2, 0.25) is 0 Å².